The van der Waals surface area contributed by atoms with E-state index in [1.54, 1.807) is 36.4 Å². The molecule has 3 aromatic carbocycles. The molecule has 0 aliphatic carbocycles. The van der Waals surface area contributed by atoms with Crippen molar-refractivity contribution in [2.45, 2.75) is 84.0 Å². The SMILES string of the molecule is CCCCCCCCCCCCCCOc1ccc(/C=C/C(=O)Oc2ccc(/C=C/C(=O)c3cccc([N+](=O)[O-])c3)cc2)cc1. The topological polar surface area (TPSA) is 95.7 Å². The first kappa shape index (κ1) is 35.0. The Hall–Kier alpha value is -4.52. The number of hydrogen-bond donors (Lipinski definition) is 0. The van der Waals surface area contributed by atoms with E-state index in [0.717, 1.165) is 17.7 Å². The van der Waals surface area contributed by atoms with E-state index < -0.39 is 10.9 Å². The van der Waals surface area contributed by atoms with Crippen molar-refractivity contribution in [2.24, 2.45) is 0 Å². The van der Waals surface area contributed by atoms with E-state index in [-0.39, 0.29) is 17.0 Å². The van der Waals surface area contributed by atoms with E-state index in [1.807, 2.05) is 24.3 Å². The van der Waals surface area contributed by atoms with Crippen molar-refractivity contribution in [3.05, 3.63) is 112 Å². The number of rotatable bonds is 21. The second kappa shape index (κ2) is 20.4. The Bertz CT molecular complexity index is 1390. The van der Waals surface area contributed by atoms with E-state index in [0.29, 0.717) is 17.9 Å². The number of nitro benzene ring substituents is 1. The predicted molar refractivity (Wildman–Crippen MR) is 181 cm³/mol. The molecule has 0 atom stereocenters. The number of carbonyl (C=O) groups is 2. The minimum absolute atomic E-state index is 0.138. The number of ketones is 1. The largest absolute Gasteiger partial charge is 0.494 e. The van der Waals surface area contributed by atoms with Gasteiger partial charge in [0.1, 0.15) is 11.5 Å². The van der Waals surface area contributed by atoms with Crippen molar-refractivity contribution in [2.75, 3.05) is 6.61 Å². The van der Waals surface area contributed by atoms with E-state index >= 15 is 0 Å². The van der Waals surface area contributed by atoms with Crippen LogP contribution in [0, 0.1) is 10.1 Å². The van der Waals surface area contributed by atoms with Crippen LogP contribution < -0.4 is 9.47 Å². The molecule has 0 bridgehead atoms. The maximum atomic E-state index is 12.4. The van der Waals surface area contributed by atoms with Crippen molar-refractivity contribution < 1.29 is 24.0 Å². The fourth-order valence-electron chi connectivity index (χ4n) is 4.81. The first-order valence-electron chi connectivity index (χ1n) is 16.1. The van der Waals surface area contributed by atoms with Crippen molar-refractivity contribution in [3.63, 3.8) is 0 Å². The number of benzene rings is 3. The Labute approximate surface area is 267 Å². The number of nitro groups is 1. The summed E-state index contributed by atoms with van der Waals surface area (Å²) in [5, 5.41) is 10.9. The highest BCUT2D eigenvalue weighted by molar-refractivity contribution is 6.07. The molecular formula is C38H45NO6. The van der Waals surface area contributed by atoms with Gasteiger partial charge in [0.05, 0.1) is 11.5 Å². The molecule has 0 aromatic heterocycles. The lowest BCUT2D eigenvalue weighted by atomic mass is 10.1. The highest BCUT2D eigenvalue weighted by Crippen LogP contribution is 2.18. The number of ether oxygens (including phenoxy) is 2. The first-order chi connectivity index (χ1) is 21.9. The highest BCUT2D eigenvalue weighted by atomic mass is 16.6. The van der Waals surface area contributed by atoms with Gasteiger partial charge >= 0.3 is 5.97 Å². The molecule has 238 valence electrons. The quantitative estimate of drug-likeness (QED) is 0.0226. The fourth-order valence-corrected chi connectivity index (χ4v) is 4.81. The molecule has 0 unspecified atom stereocenters. The lowest BCUT2D eigenvalue weighted by Crippen LogP contribution is -2.03. The average Bonchev–Trinajstić information content (AvgIpc) is 3.06. The lowest BCUT2D eigenvalue weighted by Gasteiger charge is -2.07. The second-order valence-electron chi connectivity index (χ2n) is 11.1. The van der Waals surface area contributed by atoms with Gasteiger partial charge in [-0.15, -0.1) is 0 Å². The van der Waals surface area contributed by atoms with Crippen molar-refractivity contribution in [1.29, 1.82) is 0 Å². The molecule has 0 amide bonds. The number of esters is 1. The maximum Gasteiger partial charge on any atom is 0.336 e. The summed E-state index contributed by atoms with van der Waals surface area (Å²) in [6.45, 7) is 2.97. The molecule has 0 spiro atoms. The number of carbonyl (C=O) groups excluding carboxylic acids is 2. The van der Waals surface area contributed by atoms with E-state index in [1.165, 1.54) is 107 Å². The molecule has 0 heterocycles. The number of hydrogen-bond acceptors (Lipinski definition) is 6. The second-order valence-corrected chi connectivity index (χ2v) is 11.1. The van der Waals surface area contributed by atoms with Gasteiger partial charge in [-0.05, 0) is 54.0 Å². The van der Waals surface area contributed by atoms with Gasteiger partial charge < -0.3 is 9.47 Å². The van der Waals surface area contributed by atoms with Gasteiger partial charge in [0, 0.05) is 23.8 Å². The number of unbranched alkanes of at least 4 members (excludes halogenated alkanes) is 11. The summed E-state index contributed by atoms with van der Waals surface area (Å²) in [6, 6.07) is 19.9. The molecule has 3 rings (SSSR count). The molecule has 7 heteroatoms. The molecule has 7 nitrogen and oxygen atoms in total. The van der Waals surface area contributed by atoms with Crippen molar-refractivity contribution >= 4 is 29.6 Å². The van der Waals surface area contributed by atoms with Crippen LogP contribution in [0.2, 0.25) is 0 Å². The lowest BCUT2D eigenvalue weighted by molar-refractivity contribution is -0.384. The zero-order valence-electron chi connectivity index (χ0n) is 26.3. The molecule has 0 aliphatic rings. The summed E-state index contributed by atoms with van der Waals surface area (Å²) in [6.07, 6.45) is 21.8. The summed E-state index contributed by atoms with van der Waals surface area (Å²) in [5.74, 6) is 0.331. The van der Waals surface area contributed by atoms with Gasteiger partial charge in [-0.25, -0.2) is 4.79 Å². The van der Waals surface area contributed by atoms with Gasteiger partial charge in [-0.3, -0.25) is 14.9 Å². The molecular weight excluding hydrogens is 566 g/mol. The summed E-state index contributed by atoms with van der Waals surface area (Å²) in [5.41, 5.74) is 1.67. The van der Waals surface area contributed by atoms with Crippen LogP contribution in [0.5, 0.6) is 11.5 Å². The molecule has 0 saturated carbocycles. The minimum atomic E-state index is -0.539. The van der Waals surface area contributed by atoms with Crippen LogP contribution in [0.15, 0.2) is 84.9 Å². The summed E-state index contributed by atoms with van der Waals surface area (Å²) >= 11 is 0. The van der Waals surface area contributed by atoms with Crippen LogP contribution >= 0.6 is 0 Å². The third-order valence-electron chi connectivity index (χ3n) is 7.43. The monoisotopic (exact) mass is 611 g/mol. The molecule has 45 heavy (non-hydrogen) atoms. The molecule has 0 radical (unpaired) electrons. The Kier molecular flexibility index (Phi) is 15.9. The summed E-state index contributed by atoms with van der Waals surface area (Å²) in [4.78, 5) is 35.0. The fraction of sp³-hybridized carbons (Fsp3) is 0.368. The maximum absolute atomic E-state index is 12.4. The first-order valence-corrected chi connectivity index (χ1v) is 16.1. The molecule has 3 aromatic rings. The zero-order valence-corrected chi connectivity index (χ0v) is 26.3. The van der Waals surface area contributed by atoms with Gasteiger partial charge in [0.25, 0.3) is 5.69 Å². The van der Waals surface area contributed by atoms with E-state index in [2.05, 4.69) is 6.92 Å². The third kappa shape index (κ3) is 14.2. The smallest absolute Gasteiger partial charge is 0.336 e. The Morgan fingerprint density at radius 3 is 1.80 bits per heavy atom. The van der Waals surface area contributed by atoms with E-state index in [9.17, 15) is 19.7 Å². The van der Waals surface area contributed by atoms with Gasteiger partial charge in [0.15, 0.2) is 5.78 Å². The van der Waals surface area contributed by atoms with Crippen LogP contribution in [0.3, 0.4) is 0 Å². The Morgan fingerprint density at radius 2 is 1.22 bits per heavy atom. The van der Waals surface area contributed by atoms with Crippen LogP contribution in [0.25, 0.3) is 12.2 Å². The number of allylic oxidation sites excluding steroid dienone is 1. The third-order valence-corrected chi connectivity index (χ3v) is 7.43. The summed E-state index contributed by atoms with van der Waals surface area (Å²) < 4.78 is 11.2. The Morgan fingerprint density at radius 1 is 0.689 bits per heavy atom. The number of non-ortho nitro benzene ring substituents is 1. The van der Waals surface area contributed by atoms with Crippen LogP contribution in [0.4, 0.5) is 5.69 Å². The minimum Gasteiger partial charge on any atom is -0.494 e. The van der Waals surface area contributed by atoms with Crippen LogP contribution in [-0.2, 0) is 4.79 Å². The van der Waals surface area contributed by atoms with Gasteiger partial charge in [0.2, 0.25) is 0 Å². The van der Waals surface area contributed by atoms with Crippen molar-refractivity contribution in [3.8, 4) is 11.5 Å². The molecule has 0 saturated heterocycles. The van der Waals surface area contributed by atoms with Gasteiger partial charge in [-0.1, -0.05) is 120 Å². The predicted octanol–water partition coefficient (Wildman–Crippen LogP) is 10.2. The standard InChI is InChI=1S/C38H45NO6/c1-2-3-4-5-6-7-8-9-10-11-12-13-29-44-35-23-17-32(18-24-35)22-28-38(41)45-36-25-19-31(20-26-36)21-27-37(40)33-15-14-16-34(30-33)39(42)43/h14-28,30H,2-13,29H2,1H3/b27-21+,28-22+. The molecule has 0 aliphatic heterocycles. The van der Waals surface area contributed by atoms with Gasteiger partial charge in [-0.2, -0.15) is 0 Å². The molecule has 0 N–H and O–H groups in total. The average molecular weight is 612 g/mol. The normalized spacial score (nSPS) is 11.2. The van der Waals surface area contributed by atoms with Crippen LogP contribution in [0.1, 0.15) is 105 Å². The van der Waals surface area contributed by atoms with Crippen molar-refractivity contribution in [1.82, 2.24) is 0 Å². The zero-order chi connectivity index (χ0) is 32.1. The number of nitrogens with zero attached hydrogens (tertiary/aromatic N) is 1. The summed E-state index contributed by atoms with van der Waals surface area (Å²) in [7, 11) is 0. The van der Waals surface area contributed by atoms with Crippen LogP contribution in [-0.4, -0.2) is 23.3 Å². The Balaban J connectivity index is 1.30. The molecule has 0 fully saturated rings. The van der Waals surface area contributed by atoms with E-state index in [4.69, 9.17) is 9.47 Å². The highest BCUT2D eigenvalue weighted by Gasteiger charge is 2.09.